The number of ketones is 1. The summed E-state index contributed by atoms with van der Waals surface area (Å²) in [6.07, 6.45) is 1.71. The molecule has 0 bridgehead atoms. The molecule has 2 N–H and O–H groups in total. The van der Waals surface area contributed by atoms with Gasteiger partial charge in [0.25, 0.3) is 0 Å². The van der Waals surface area contributed by atoms with Crippen LogP contribution in [0.1, 0.15) is 16.2 Å². The summed E-state index contributed by atoms with van der Waals surface area (Å²) >= 11 is 1.20. The Hall–Kier alpha value is -1.96. The molecule has 2 rings (SSSR count). The van der Waals surface area contributed by atoms with Crippen molar-refractivity contribution in [1.82, 2.24) is 15.2 Å². The molecule has 0 aliphatic carbocycles. The van der Waals surface area contributed by atoms with Crippen molar-refractivity contribution in [3.8, 4) is 5.75 Å². The highest BCUT2D eigenvalue weighted by atomic mass is 32.2. The Bertz CT molecular complexity index is 615. The molecule has 1 aromatic carbocycles. The van der Waals surface area contributed by atoms with E-state index in [1.807, 2.05) is 0 Å². The van der Waals surface area contributed by atoms with E-state index in [4.69, 9.17) is 0 Å². The van der Waals surface area contributed by atoms with Crippen LogP contribution in [0.15, 0.2) is 17.3 Å². The third kappa shape index (κ3) is 2.19. The fourth-order valence-electron chi connectivity index (χ4n) is 1.31. The second-order valence-corrected chi connectivity index (χ2v) is 4.06. The van der Waals surface area contributed by atoms with Gasteiger partial charge in [-0.25, -0.2) is 8.78 Å². The van der Waals surface area contributed by atoms with Gasteiger partial charge in [0.15, 0.2) is 17.4 Å². The van der Waals surface area contributed by atoms with E-state index in [-0.39, 0.29) is 5.82 Å². The quantitative estimate of drug-likeness (QED) is 0.656. The first-order valence-corrected chi connectivity index (χ1v) is 5.94. The van der Waals surface area contributed by atoms with Gasteiger partial charge in [-0.15, -0.1) is 5.10 Å². The van der Waals surface area contributed by atoms with Crippen molar-refractivity contribution >= 4 is 17.5 Å². The largest absolute Gasteiger partial charge is 0.504 e. The number of H-pyrrole nitrogens is 1. The third-order valence-corrected chi connectivity index (χ3v) is 2.68. The number of aromatic amines is 1. The average Bonchev–Trinajstić information content (AvgIpc) is 2.81. The molecule has 0 fully saturated rings. The number of nitrogens with one attached hydrogen (secondary N) is 1. The minimum absolute atomic E-state index is 0.195. The molecule has 0 saturated carbocycles. The Kier molecular flexibility index (Phi) is 3.28. The van der Waals surface area contributed by atoms with Crippen molar-refractivity contribution < 1.29 is 18.7 Å². The molecule has 0 amide bonds. The summed E-state index contributed by atoms with van der Waals surface area (Å²) in [7, 11) is 0. The summed E-state index contributed by atoms with van der Waals surface area (Å²) in [6.45, 7) is 0. The molecule has 0 atom stereocenters. The Morgan fingerprint density at radius 1 is 1.44 bits per heavy atom. The molecular weight excluding hydrogens is 264 g/mol. The van der Waals surface area contributed by atoms with Crippen LogP contribution in [-0.2, 0) is 0 Å². The SMILES string of the molecule is CSc1n[nH]c(C(=O)c2cc(F)cc(F)c2O)n1. The predicted molar refractivity (Wildman–Crippen MR) is 59.6 cm³/mol. The zero-order valence-electron chi connectivity index (χ0n) is 9.07. The number of thioether (sulfide) groups is 1. The Labute approximate surface area is 104 Å². The Morgan fingerprint density at radius 2 is 2.17 bits per heavy atom. The molecular formula is C10H7F2N3O2S. The van der Waals surface area contributed by atoms with Crippen LogP contribution in [0.3, 0.4) is 0 Å². The molecule has 0 aliphatic heterocycles. The zero-order chi connectivity index (χ0) is 13.3. The van der Waals surface area contributed by atoms with Gasteiger partial charge < -0.3 is 5.11 Å². The van der Waals surface area contributed by atoms with Crippen LogP contribution < -0.4 is 0 Å². The van der Waals surface area contributed by atoms with Gasteiger partial charge in [-0.1, -0.05) is 11.8 Å². The maximum atomic E-state index is 13.1. The molecule has 1 heterocycles. The van der Waals surface area contributed by atoms with Crippen LogP contribution in [0.4, 0.5) is 8.78 Å². The topological polar surface area (TPSA) is 78.9 Å². The van der Waals surface area contributed by atoms with Gasteiger partial charge in [-0.05, 0) is 12.3 Å². The van der Waals surface area contributed by atoms with E-state index in [1.165, 1.54) is 11.8 Å². The molecule has 8 heteroatoms. The lowest BCUT2D eigenvalue weighted by Gasteiger charge is -2.02. The van der Waals surface area contributed by atoms with E-state index >= 15 is 0 Å². The molecule has 0 aliphatic rings. The number of aromatic hydroxyl groups is 1. The van der Waals surface area contributed by atoms with Crippen LogP contribution in [0.25, 0.3) is 0 Å². The van der Waals surface area contributed by atoms with E-state index in [1.54, 1.807) is 6.26 Å². The number of carbonyl (C=O) groups is 1. The molecule has 0 saturated heterocycles. The molecule has 0 unspecified atom stereocenters. The molecule has 2 aromatic rings. The van der Waals surface area contributed by atoms with Crippen LogP contribution in [0, 0.1) is 11.6 Å². The number of halogens is 2. The van der Waals surface area contributed by atoms with Crippen LogP contribution >= 0.6 is 11.8 Å². The number of hydrogen-bond donors (Lipinski definition) is 2. The van der Waals surface area contributed by atoms with Crippen LogP contribution in [-0.4, -0.2) is 32.3 Å². The van der Waals surface area contributed by atoms with Gasteiger partial charge in [0.2, 0.25) is 10.9 Å². The summed E-state index contributed by atoms with van der Waals surface area (Å²) < 4.78 is 26.1. The van der Waals surface area contributed by atoms with Crippen molar-refractivity contribution in [3.63, 3.8) is 0 Å². The standard InChI is InChI=1S/C10H7F2N3O2S/c1-18-10-13-9(14-15-10)8(17)5-2-4(11)3-6(12)7(5)16/h2-3,16H,1H3,(H,13,14,15). The average molecular weight is 271 g/mol. The first-order chi connectivity index (χ1) is 8.52. The smallest absolute Gasteiger partial charge is 0.233 e. The lowest BCUT2D eigenvalue weighted by Crippen LogP contribution is -2.06. The zero-order valence-corrected chi connectivity index (χ0v) is 9.89. The second-order valence-electron chi connectivity index (χ2n) is 3.28. The fourth-order valence-corrected chi connectivity index (χ4v) is 1.63. The Balaban J connectivity index is 2.45. The first kappa shape index (κ1) is 12.5. The van der Waals surface area contributed by atoms with E-state index in [0.29, 0.717) is 11.2 Å². The monoisotopic (exact) mass is 271 g/mol. The minimum atomic E-state index is -1.21. The Morgan fingerprint density at radius 3 is 2.78 bits per heavy atom. The van der Waals surface area contributed by atoms with E-state index in [9.17, 15) is 18.7 Å². The lowest BCUT2D eigenvalue weighted by atomic mass is 10.1. The summed E-state index contributed by atoms with van der Waals surface area (Å²) in [5.41, 5.74) is -0.503. The van der Waals surface area contributed by atoms with E-state index in [0.717, 1.165) is 6.07 Å². The van der Waals surface area contributed by atoms with E-state index in [2.05, 4.69) is 15.2 Å². The van der Waals surface area contributed by atoms with Gasteiger partial charge in [0, 0.05) is 6.07 Å². The van der Waals surface area contributed by atoms with Crippen molar-refractivity contribution in [2.75, 3.05) is 6.26 Å². The van der Waals surface area contributed by atoms with Crippen LogP contribution in [0.5, 0.6) is 5.75 Å². The number of carbonyl (C=O) groups excluding carboxylic acids is 1. The second kappa shape index (κ2) is 4.73. The van der Waals surface area contributed by atoms with E-state index < -0.39 is 28.7 Å². The van der Waals surface area contributed by atoms with Crippen molar-refractivity contribution in [2.45, 2.75) is 5.16 Å². The first-order valence-electron chi connectivity index (χ1n) is 4.72. The molecule has 0 radical (unpaired) electrons. The number of aromatic nitrogens is 3. The summed E-state index contributed by atoms with van der Waals surface area (Å²) in [4.78, 5) is 15.7. The molecule has 0 spiro atoms. The normalized spacial score (nSPS) is 10.6. The van der Waals surface area contributed by atoms with Gasteiger partial charge in [0.05, 0.1) is 5.56 Å². The number of rotatable bonds is 3. The number of phenols is 1. The number of nitrogens with zero attached hydrogens (tertiary/aromatic N) is 2. The summed E-state index contributed by atoms with van der Waals surface area (Å²) in [6, 6.07) is 1.22. The number of benzene rings is 1. The number of hydrogen-bond acceptors (Lipinski definition) is 5. The van der Waals surface area contributed by atoms with Crippen molar-refractivity contribution in [1.29, 1.82) is 0 Å². The highest BCUT2D eigenvalue weighted by Crippen LogP contribution is 2.24. The highest BCUT2D eigenvalue weighted by Gasteiger charge is 2.21. The predicted octanol–water partition coefficient (Wildman–Crippen LogP) is 1.74. The third-order valence-electron chi connectivity index (χ3n) is 2.14. The summed E-state index contributed by atoms with van der Waals surface area (Å²) in [5.74, 6) is -4.11. The molecule has 94 valence electrons. The van der Waals surface area contributed by atoms with Crippen molar-refractivity contribution in [2.24, 2.45) is 0 Å². The maximum Gasteiger partial charge on any atom is 0.233 e. The van der Waals surface area contributed by atoms with Gasteiger partial charge in [-0.2, -0.15) is 4.98 Å². The van der Waals surface area contributed by atoms with Gasteiger partial charge in [0.1, 0.15) is 5.82 Å². The maximum absolute atomic E-state index is 13.1. The molecule has 5 nitrogen and oxygen atoms in total. The van der Waals surface area contributed by atoms with Gasteiger partial charge in [-0.3, -0.25) is 9.89 Å². The van der Waals surface area contributed by atoms with Crippen LogP contribution in [0.2, 0.25) is 0 Å². The fraction of sp³-hybridized carbons (Fsp3) is 0.100. The number of phenolic OH excluding ortho intramolecular Hbond substituents is 1. The van der Waals surface area contributed by atoms with Gasteiger partial charge >= 0.3 is 0 Å². The molecule has 18 heavy (non-hydrogen) atoms. The lowest BCUT2D eigenvalue weighted by molar-refractivity contribution is 0.102. The summed E-state index contributed by atoms with van der Waals surface area (Å²) in [5, 5.41) is 15.7. The molecule has 1 aromatic heterocycles. The minimum Gasteiger partial charge on any atom is -0.504 e. The highest BCUT2D eigenvalue weighted by molar-refractivity contribution is 7.98. The van der Waals surface area contributed by atoms with Crippen molar-refractivity contribution in [3.05, 3.63) is 35.2 Å².